The molecule has 4 nitrogen and oxygen atoms in total. The molecule has 1 amide bonds. The van der Waals surface area contributed by atoms with Crippen molar-refractivity contribution in [3.05, 3.63) is 76.5 Å². The Morgan fingerprint density at radius 1 is 1.27 bits per heavy atom. The van der Waals surface area contributed by atoms with E-state index in [0.717, 1.165) is 48.6 Å². The number of piperidine rings is 1. The minimum Gasteiger partial charge on any atom is -0.347 e. The number of amides is 1. The summed E-state index contributed by atoms with van der Waals surface area (Å²) in [5.74, 6) is 0.116. The van der Waals surface area contributed by atoms with Crippen molar-refractivity contribution < 1.29 is 9.18 Å². The molecule has 1 aromatic heterocycles. The molecule has 3 aromatic rings. The summed E-state index contributed by atoms with van der Waals surface area (Å²) in [5, 5.41) is 6.06. The fourth-order valence-corrected chi connectivity index (χ4v) is 5.00. The number of hydrogen-bond donors (Lipinski definition) is 1. The van der Waals surface area contributed by atoms with Crippen LogP contribution in [0.3, 0.4) is 0 Å². The maximum atomic E-state index is 13.5. The summed E-state index contributed by atoms with van der Waals surface area (Å²) in [6.45, 7) is 4.41. The Bertz CT molecular complexity index is 974. The van der Waals surface area contributed by atoms with Crippen molar-refractivity contribution in [3.63, 3.8) is 0 Å². The van der Waals surface area contributed by atoms with Crippen LogP contribution >= 0.6 is 11.3 Å². The molecule has 6 heteroatoms. The lowest BCUT2D eigenvalue weighted by Gasteiger charge is -2.36. The lowest BCUT2D eigenvalue weighted by Crippen LogP contribution is -2.42. The van der Waals surface area contributed by atoms with E-state index < -0.39 is 0 Å². The van der Waals surface area contributed by atoms with Gasteiger partial charge in [-0.2, -0.15) is 0 Å². The van der Waals surface area contributed by atoms with Crippen molar-refractivity contribution in [2.75, 3.05) is 13.1 Å². The first-order valence-corrected chi connectivity index (χ1v) is 11.2. The van der Waals surface area contributed by atoms with Crippen molar-refractivity contribution in [1.29, 1.82) is 0 Å². The number of carbonyl (C=O) groups is 1. The van der Waals surface area contributed by atoms with E-state index in [2.05, 4.69) is 39.5 Å². The molecule has 2 heterocycles. The van der Waals surface area contributed by atoms with Gasteiger partial charge < -0.3 is 5.32 Å². The molecule has 1 aliphatic heterocycles. The summed E-state index contributed by atoms with van der Waals surface area (Å²) in [6.07, 6.45) is 3.99. The first-order valence-electron chi connectivity index (χ1n) is 10.3. The Morgan fingerprint density at radius 2 is 2.10 bits per heavy atom. The van der Waals surface area contributed by atoms with Crippen molar-refractivity contribution >= 4 is 17.2 Å². The molecule has 156 valence electrons. The molecule has 0 aliphatic carbocycles. The monoisotopic (exact) mass is 423 g/mol. The van der Waals surface area contributed by atoms with Crippen molar-refractivity contribution in [1.82, 2.24) is 15.2 Å². The zero-order valence-corrected chi connectivity index (χ0v) is 17.9. The maximum Gasteiger partial charge on any atom is 0.217 e. The normalized spacial score (nSPS) is 18.1. The number of nitrogens with zero attached hydrogens (tertiary/aromatic N) is 2. The van der Waals surface area contributed by atoms with Gasteiger partial charge in [0.25, 0.3) is 0 Å². The summed E-state index contributed by atoms with van der Waals surface area (Å²) in [4.78, 5) is 18.7. The van der Waals surface area contributed by atoms with Crippen molar-refractivity contribution in [3.8, 4) is 11.1 Å². The zero-order chi connectivity index (χ0) is 20.9. The van der Waals surface area contributed by atoms with Gasteiger partial charge in [0, 0.05) is 31.6 Å². The highest BCUT2D eigenvalue weighted by atomic mass is 32.1. The second-order valence-electron chi connectivity index (χ2n) is 7.89. The molecule has 1 fully saturated rings. The molecule has 0 spiro atoms. The van der Waals surface area contributed by atoms with Crippen LogP contribution in [0.25, 0.3) is 11.1 Å². The highest BCUT2D eigenvalue weighted by Gasteiger charge is 2.30. The van der Waals surface area contributed by atoms with Gasteiger partial charge in [0.1, 0.15) is 10.8 Å². The molecular formula is C24H26FN3OS. The van der Waals surface area contributed by atoms with Crippen LogP contribution in [0.15, 0.2) is 60.1 Å². The van der Waals surface area contributed by atoms with Gasteiger partial charge in [-0.15, -0.1) is 11.3 Å². The highest BCUT2D eigenvalue weighted by Crippen LogP contribution is 2.31. The second kappa shape index (κ2) is 9.49. The van der Waals surface area contributed by atoms with Crippen LogP contribution in [0.4, 0.5) is 4.39 Å². The van der Waals surface area contributed by atoms with Gasteiger partial charge >= 0.3 is 0 Å². The third-order valence-electron chi connectivity index (χ3n) is 5.61. The Hall–Kier alpha value is -2.57. The number of benzene rings is 2. The van der Waals surface area contributed by atoms with Crippen LogP contribution in [0.5, 0.6) is 0 Å². The third-order valence-corrected chi connectivity index (χ3v) is 6.47. The minimum atomic E-state index is -0.218. The molecule has 0 bridgehead atoms. The molecule has 1 N–H and O–H groups in total. The Balaban J connectivity index is 1.43. The van der Waals surface area contributed by atoms with Gasteiger partial charge in [0.05, 0.1) is 6.04 Å². The molecule has 0 unspecified atom stereocenters. The van der Waals surface area contributed by atoms with Crippen LogP contribution in [0, 0.1) is 11.7 Å². The van der Waals surface area contributed by atoms with E-state index in [1.807, 2.05) is 11.4 Å². The molecule has 1 saturated heterocycles. The smallest absolute Gasteiger partial charge is 0.217 e. The van der Waals surface area contributed by atoms with Gasteiger partial charge in [-0.3, -0.25) is 9.69 Å². The summed E-state index contributed by atoms with van der Waals surface area (Å²) >= 11 is 1.60. The number of halogens is 1. The first-order chi connectivity index (χ1) is 14.6. The predicted molar refractivity (Wildman–Crippen MR) is 119 cm³/mol. The second-order valence-corrected chi connectivity index (χ2v) is 8.82. The number of nitrogens with one attached hydrogen (secondary N) is 1. The van der Waals surface area contributed by atoms with E-state index in [0.29, 0.717) is 5.92 Å². The molecule has 4 rings (SSSR count). The van der Waals surface area contributed by atoms with Gasteiger partial charge in [-0.25, -0.2) is 9.37 Å². The highest BCUT2D eigenvalue weighted by molar-refractivity contribution is 7.09. The van der Waals surface area contributed by atoms with Crippen LogP contribution in [0.1, 0.15) is 36.4 Å². The van der Waals surface area contributed by atoms with Gasteiger partial charge in [-0.05, 0) is 54.1 Å². The number of hydrogen-bond acceptors (Lipinski definition) is 4. The van der Waals surface area contributed by atoms with E-state index in [1.165, 1.54) is 11.6 Å². The van der Waals surface area contributed by atoms with Gasteiger partial charge in [0.15, 0.2) is 0 Å². The largest absolute Gasteiger partial charge is 0.347 e. The lowest BCUT2D eigenvalue weighted by molar-refractivity contribution is -0.120. The SMILES string of the molecule is CC(=O)N[C@H](c1nccs1)[C@H]1CCCN(Cc2ccc(-c3cccc(F)c3)cc2)C1. The zero-order valence-electron chi connectivity index (χ0n) is 17.1. The molecular weight excluding hydrogens is 397 g/mol. The van der Waals surface area contributed by atoms with Crippen molar-refractivity contribution in [2.24, 2.45) is 5.92 Å². The van der Waals surface area contributed by atoms with E-state index in [4.69, 9.17) is 0 Å². The summed E-state index contributed by atoms with van der Waals surface area (Å²) in [7, 11) is 0. The van der Waals surface area contributed by atoms with E-state index >= 15 is 0 Å². The average Bonchev–Trinajstić information content (AvgIpc) is 3.27. The number of carbonyl (C=O) groups excluding carboxylic acids is 1. The predicted octanol–water partition coefficient (Wildman–Crippen LogP) is 5.04. The van der Waals surface area contributed by atoms with Crippen LogP contribution < -0.4 is 5.32 Å². The average molecular weight is 424 g/mol. The topological polar surface area (TPSA) is 45.2 Å². The Kier molecular flexibility index (Phi) is 6.55. The first kappa shape index (κ1) is 20.7. The van der Waals surface area contributed by atoms with E-state index in [9.17, 15) is 9.18 Å². The lowest BCUT2D eigenvalue weighted by atomic mass is 9.90. The summed E-state index contributed by atoms with van der Waals surface area (Å²) in [6, 6.07) is 15.0. The molecule has 2 aromatic carbocycles. The quantitative estimate of drug-likeness (QED) is 0.604. The van der Waals surface area contributed by atoms with Gasteiger partial charge in [0.2, 0.25) is 5.91 Å². The fourth-order valence-electron chi connectivity index (χ4n) is 4.22. The molecule has 0 radical (unpaired) electrons. The summed E-state index contributed by atoms with van der Waals surface area (Å²) < 4.78 is 13.5. The Labute approximate surface area is 180 Å². The van der Waals surface area contributed by atoms with E-state index in [-0.39, 0.29) is 17.8 Å². The molecule has 30 heavy (non-hydrogen) atoms. The van der Waals surface area contributed by atoms with Crippen molar-refractivity contribution in [2.45, 2.75) is 32.4 Å². The Morgan fingerprint density at radius 3 is 2.80 bits per heavy atom. The number of aromatic nitrogens is 1. The number of likely N-dealkylation sites (tertiary alicyclic amines) is 1. The summed E-state index contributed by atoms with van der Waals surface area (Å²) in [5.41, 5.74) is 3.14. The number of thiazole rings is 1. The standard InChI is InChI=1S/C24H26FN3OS/c1-17(29)27-23(24-26-11-13-30-24)21-5-3-12-28(16-21)15-18-7-9-19(10-8-18)20-4-2-6-22(25)14-20/h2,4,6-11,13-14,21,23H,3,5,12,15-16H2,1H3,(H,27,29)/t21-,23-/m0/s1. The molecule has 2 atom stereocenters. The van der Waals surface area contributed by atoms with E-state index in [1.54, 1.807) is 36.6 Å². The molecule has 1 aliphatic rings. The van der Waals surface area contributed by atoms with Crippen LogP contribution in [-0.4, -0.2) is 28.9 Å². The van der Waals surface area contributed by atoms with Gasteiger partial charge in [-0.1, -0.05) is 36.4 Å². The van der Waals surface area contributed by atoms with Crippen LogP contribution in [-0.2, 0) is 11.3 Å². The fraction of sp³-hybridized carbons (Fsp3) is 0.333. The third kappa shape index (κ3) is 5.12. The minimum absolute atomic E-state index is 0.0136. The maximum absolute atomic E-state index is 13.5. The van der Waals surface area contributed by atoms with Crippen LogP contribution in [0.2, 0.25) is 0 Å². The molecule has 0 saturated carbocycles. The number of rotatable bonds is 6.